The minimum absolute atomic E-state index is 0.0270. The lowest BCUT2D eigenvalue weighted by Gasteiger charge is -2.25. The van der Waals surface area contributed by atoms with Crippen LogP contribution < -0.4 is 5.30 Å². The summed E-state index contributed by atoms with van der Waals surface area (Å²) in [6, 6.07) is 6.17. The summed E-state index contributed by atoms with van der Waals surface area (Å²) >= 11 is 0. The molecular weight excluding hydrogens is 238 g/mol. The van der Waals surface area contributed by atoms with Gasteiger partial charge in [0, 0.05) is 6.66 Å². The van der Waals surface area contributed by atoms with Gasteiger partial charge in [-0.3, -0.25) is 4.57 Å². The zero-order chi connectivity index (χ0) is 12.3. The third kappa shape index (κ3) is 3.17. The van der Waals surface area contributed by atoms with Gasteiger partial charge in [-0.25, -0.2) is 4.39 Å². The van der Waals surface area contributed by atoms with Crippen molar-refractivity contribution in [1.29, 1.82) is 0 Å². The standard InChI is InChI=1S/C13H18FO2P/c1-17(15,13-10-6-5-9-12(13)14)16-11-7-3-2-4-8-11/h5-6,9-11H,2-4,7-8H2,1H3. The lowest BCUT2D eigenvalue weighted by atomic mass is 9.98. The van der Waals surface area contributed by atoms with E-state index in [-0.39, 0.29) is 11.4 Å². The Morgan fingerprint density at radius 1 is 1.24 bits per heavy atom. The Hall–Kier alpha value is -0.660. The van der Waals surface area contributed by atoms with Gasteiger partial charge in [0.15, 0.2) is 0 Å². The molecule has 1 saturated carbocycles. The van der Waals surface area contributed by atoms with Crippen molar-refractivity contribution in [3.05, 3.63) is 30.1 Å². The molecule has 4 heteroatoms. The highest BCUT2D eigenvalue weighted by Crippen LogP contribution is 2.45. The van der Waals surface area contributed by atoms with Crippen molar-refractivity contribution in [2.45, 2.75) is 38.2 Å². The van der Waals surface area contributed by atoms with E-state index in [2.05, 4.69) is 0 Å². The fourth-order valence-electron chi connectivity index (χ4n) is 2.29. The second kappa shape index (κ2) is 5.32. The van der Waals surface area contributed by atoms with Crippen LogP contribution in [0.25, 0.3) is 0 Å². The molecule has 1 fully saturated rings. The molecule has 2 rings (SSSR count). The molecule has 94 valence electrons. The van der Waals surface area contributed by atoms with Crippen molar-refractivity contribution < 1.29 is 13.5 Å². The van der Waals surface area contributed by atoms with Crippen molar-refractivity contribution in [1.82, 2.24) is 0 Å². The first-order chi connectivity index (χ1) is 8.09. The van der Waals surface area contributed by atoms with Crippen LogP contribution in [-0.4, -0.2) is 12.8 Å². The molecule has 0 saturated heterocycles. The summed E-state index contributed by atoms with van der Waals surface area (Å²) in [5.74, 6) is -0.436. The molecule has 0 aliphatic heterocycles. The summed E-state index contributed by atoms with van der Waals surface area (Å²) in [6.45, 7) is 1.51. The maximum absolute atomic E-state index is 13.6. The summed E-state index contributed by atoms with van der Waals surface area (Å²) in [5, 5.41) is 0.213. The fourth-order valence-corrected chi connectivity index (χ4v) is 4.01. The molecule has 1 aliphatic carbocycles. The zero-order valence-corrected chi connectivity index (χ0v) is 11.0. The molecule has 0 aromatic heterocycles. The smallest absolute Gasteiger partial charge is 0.232 e. The third-order valence-corrected chi connectivity index (χ3v) is 5.13. The second-order valence-electron chi connectivity index (χ2n) is 4.66. The van der Waals surface area contributed by atoms with Crippen molar-refractivity contribution in [3.8, 4) is 0 Å². The van der Waals surface area contributed by atoms with Gasteiger partial charge in [-0.2, -0.15) is 0 Å². The van der Waals surface area contributed by atoms with Crippen LogP contribution in [0.2, 0.25) is 0 Å². The average Bonchev–Trinajstić information content (AvgIpc) is 2.30. The van der Waals surface area contributed by atoms with E-state index in [9.17, 15) is 8.96 Å². The van der Waals surface area contributed by atoms with Gasteiger partial charge >= 0.3 is 0 Å². The number of halogens is 1. The summed E-state index contributed by atoms with van der Waals surface area (Å²) < 4.78 is 31.7. The number of hydrogen-bond donors (Lipinski definition) is 0. The van der Waals surface area contributed by atoms with E-state index in [4.69, 9.17) is 4.52 Å². The van der Waals surface area contributed by atoms with E-state index in [0.29, 0.717) is 0 Å². The molecule has 2 nitrogen and oxygen atoms in total. The summed E-state index contributed by atoms with van der Waals surface area (Å²) in [7, 11) is -3.03. The quantitative estimate of drug-likeness (QED) is 0.771. The summed E-state index contributed by atoms with van der Waals surface area (Å²) in [6.07, 6.45) is 5.34. The first kappa shape index (κ1) is 12.8. The van der Waals surface area contributed by atoms with E-state index in [1.807, 2.05) is 0 Å². The number of rotatable bonds is 3. The van der Waals surface area contributed by atoms with E-state index in [1.165, 1.54) is 19.2 Å². The predicted octanol–water partition coefficient (Wildman–Crippen LogP) is 3.71. The van der Waals surface area contributed by atoms with Gasteiger partial charge < -0.3 is 4.52 Å². The number of benzene rings is 1. The SMILES string of the molecule is CP(=O)(OC1CCCCC1)c1ccccc1F. The lowest BCUT2D eigenvalue weighted by Crippen LogP contribution is -2.20. The first-order valence-corrected chi connectivity index (χ1v) is 8.18. The van der Waals surface area contributed by atoms with Crippen LogP contribution in [-0.2, 0) is 9.09 Å². The van der Waals surface area contributed by atoms with Gasteiger partial charge in [-0.05, 0) is 25.0 Å². The maximum Gasteiger partial charge on any atom is 0.232 e. The van der Waals surface area contributed by atoms with E-state index in [1.54, 1.807) is 18.2 Å². The monoisotopic (exact) mass is 256 g/mol. The van der Waals surface area contributed by atoms with E-state index >= 15 is 0 Å². The van der Waals surface area contributed by atoms with Gasteiger partial charge in [-0.1, -0.05) is 31.4 Å². The molecule has 17 heavy (non-hydrogen) atoms. The van der Waals surface area contributed by atoms with Crippen LogP contribution in [0.15, 0.2) is 24.3 Å². The van der Waals surface area contributed by atoms with Crippen molar-refractivity contribution in [2.75, 3.05) is 6.66 Å². The van der Waals surface area contributed by atoms with Gasteiger partial charge in [0.1, 0.15) is 5.82 Å². The minimum atomic E-state index is -3.03. The van der Waals surface area contributed by atoms with Crippen LogP contribution in [0.5, 0.6) is 0 Å². The molecule has 0 amide bonds. The summed E-state index contributed by atoms with van der Waals surface area (Å²) in [5.41, 5.74) is 0. The average molecular weight is 256 g/mol. The van der Waals surface area contributed by atoms with Crippen LogP contribution in [0, 0.1) is 5.82 Å². The molecule has 0 radical (unpaired) electrons. The van der Waals surface area contributed by atoms with Gasteiger partial charge in [-0.15, -0.1) is 0 Å². The molecular formula is C13H18FO2P. The molecule has 0 bridgehead atoms. The van der Waals surface area contributed by atoms with Gasteiger partial charge in [0.2, 0.25) is 7.37 Å². The maximum atomic E-state index is 13.6. The summed E-state index contributed by atoms with van der Waals surface area (Å²) in [4.78, 5) is 0. The Morgan fingerprint density at radius 3 is 2.53 bits per heavy atom. The van der Waals surface area contributed by atoms with Crippen LogP contribution in [0.1, 0.15) is 32.1 Å². The highest BCUT2D eigenvalue weighted by molar-refractivity contribution is 7.66. The Kier molecular flexibility index (Phi) is 4.01. The molecule has 0 heterocycles. The van der Waals surface area contributed by atoms with Crippen LogP contribution >= 0.6 is 7.37 Å². The Labute approximate surface area is 102 Å². The molecule has 1 aromatic carbocycles. The highest BCUT2D eigenvalue weighted by Gasteiger charge is 2.27. The van der Waals surface area contributed by atoms with Crippen molar-refractivity contribution in [2.24, 2.45) is 0 Å². The van der Waals surface area contributed by atoms with E-state index in [0.717, 1.165) is 25.7 Å². The van der Waals surface area contributed by atoms with E-state index < -0.39 is 13.2 Å². The van der Waals surface area contributed by atoms with Crippen molar-refractivity contribution >= 4 is 12.7 Å². The Morgan fingerprint density at radius 2 is 1.88 bits per heavy atom. The molecule has 1 aliphatic rings. The topological polar surface area (TPSA) is 26.3 Å². The number of hydrogen-bond acceptors (Lipinski definition) is 2. The molecule has 0 spiro atoms. The molecule has 1 aromatic rings. The Bertz CT molecular complexity index is 427. The minimum Gasteiger partial charge on any atom is -0.322 e. The second-order valence-corrected chi connectivity index (χ2v) is 7.05. The third-order valence-electron chi connectivity index (χ3n) is 3.19. The largest absolute Gasteiger partial charge is 0.322 e. The molecule has 1 atom stereocenters. The predicted molar refractivity (Wildman–Crippen MR) is 67.5 cm³/mol. The zero-order valence-electron chi connectivity index (χ0n) is 10.1. The van der Waals surface area contributed by atoms with Gasteiger partial charge in [0.05, 0.1) is 11.4 Å². The Balaban J connectivity index is 2.13. The first-order valence-electron chi connectivity index (χ1n) is 6.10. The highest BCUT2D eigenvalue weighted by atomic mass is 31.2. The molecule has 1 unspecified atom stereocenters. The lowest BCUT2D eigenvalue weighted by molar-refractivity contribution is 0.162. The fraction of sp³-hybridized carbons (Fsp3) is 0.538. The molecule has 0 N–H and O–H groups in total. The van der Waals surface area contributed by atoms with Crippen LogP contribution in [0.3, 0.4) is 0 Å². The van der Waals surface area contributed by atoms with Crippen molar-refractivity contribution in [3.63, 3.8) is 0 Å². The van der Waals surface area contributed by atoms with Gasteiger partial charge in [0.25, 0.3) is 0 Å². The van der Waals surface area contributed by atoms with Crippen LogP contribution in [0.4, 0.5) is 4.39 Å². The normalized spacial score (nSPS) is 21.1.